The van der Waals surface area contributed by atoms with Crippen LogP contribution >= 0.6 is 23.2 Å². The summed E-state index contributed by atoms with van der Waals surface area (Å²) in [7, 11) is -3.80. The molecular weight excluding hydrogens is 792 g/mol. The Labute approximate surface area is 336 Å². The van der Waals surface area contributed by atoms with Crippen LogP contribution < -0.4 is 15.4 Å². The van der Waals surface area contributed by atoms with E-state index in [0.717, 1.165) is 34.9 Å². The molecule has 1 aliphatic rings. The number of carbonyl (C=O) groups is 1. The predicted molar refractivity (Wildman–Crippen MR) is 213 cm³/mol. The number of sulfonamides is 1. The van der Waals surface area contributed by atoms with Gasteiger partial charge in [-0.1, -0.05) is 53.5 Å². The molecule has 0 bridgehead atoms. The third-order valence-corrected chi connectivity index (χ3v) is 11.6. The lowest BCUT2D eigenvalue weighted by molar-refractivity contribution is -0.121. The van der Waals surface area contributed by atoms with Gasteiger partial charge in [0.1, 0.15) is 0 Å². The number of unbranched alkanes of at least 4 members (excludes halogenated alkanes) is 2. The Bertz CT molecular complexity index is 1940. The Morgan fingerprint density at radius 2 is 1.50 bits per heavy atom. The maximum Gasteiger partial charge on any atom is 0.511 e. The van der Waals surface area contributed by atoms with Crippen LogP contribution in [0.2, 0.25) is 10.0 Å². The number of halogens is 5. The highest BCUT2D eigenvalue weighted by molar-refractivity contribution is 7.90. The number of alkyl halides is 3. The molecule has 0 radical (unpaired) electrons. The highest BCUT2D eigenvalue weighted by Crippen LogP contribution is 2.38. The highest BCUT2D eigenvalue weighted by atomic mass is 35.5. The Kier molecular flexibility index (Phi) is 16.0. The Hall–Kier alpha value is -3.66. The van der Waals surface area contributed by atoms with Crippen LogP contribution in [0, 0.1) is 0 Å². The number of fused-ring (bicyclic) bond motifs is 1. The number of amides is 1. The monoisotopic (exact) mass is 838 g/mol. The first-order valence-corrected chi connectivity index (χ1v) is 20.8. The molecule has 2 N–H and O–H groups in total. The quantitative estimate of drug-likeness (QED) is 0.0672. The smallest absolute Gasteiger partial charge is 0.478 e. The summed E-state index contributed by atoms with van der Waals surface area (Å²) in [4.78, 5) is 17.0. The van der Waals surface area contributed by atoms with Gasteiger partial charge in [0.25, 0.3) is 0 Å². The Morgan fingerprint density at radius 3 is 2.12 bits per heavy atom. The van der Waals surface area contributed by atoms with Crippen molar-refractivity contribution in [3.63, 3.8) is 0 Å². The molecule has 3 aromatic carbocycles. The molecule has 0 unspecified atom stereocenters. The summed E-state index contributed by atoms with van der Waals surface area (Å²) in [5, 5.41) is 8.36. The number of hydrogen-bond donors (Lipinski definition) is 2. The number of methoxy groups -OCH3 is 1. The molecule has 0 saturated carbocycles. The maximum absolute atomic E-state index is 13.3. The van der Waals surface area contributed by atoms with E-state index in [1.165, 1.54) is 0 Å². The van der Waals surface area contributed by atoms with Crippen molar-refractivity contribution >= 4 is 55.7 Å². The summed E-state index contributed by atoms with van der Waals surface area (Å²) in [6.07, 6.45) is 3.64. The number of piperidine rings is 1. The average Bonchev–Trinajstić information content (AvgIpc) is 3.17. The van der Waals surface area contributed by atoms with Crippen LogP contribution in [0.25, 0.3) is 10.9 Å². The normalized spacial score (nSPS) is 14.3. The zero-order chi connectivity index (χ0) is 40.1. The molecule has 56 heavy (non-hydrogen) atoms. The van der Waals surface area contributed by atoms with Gasteiger partial charge in [0.15, 0.2) is 0 Å². The molecule has 1 saturated heterocycles. The van der Waals surface area contributed by atoms with Crippen LogP contribution in [-0.4, -0.2) is 88.3 Å². The van der Waals surface area contributed by atoms with Crippen LogP contribution in [-0.2, 0) is 24.3 Å². The first-order valence-electron chi connectivity index (χ1n) is 18.6. The first-order chi connectivity index (χ1) is 26.9. The van der Waals surface area contributed by atoms with Crippen molar-refractivity contribution in [1.29, 1.82) is 0 Å². The van der Waals surface area contributed by atoms with Gasteiger partial charge >= 0.3 is 15.5 Å². The fourth-order valence-electron chi connectivity index (χ4n) is 6.56. The van der Waals surface area contributed by atoms with E-state index in [2.05, 4.69) is 10.6 Å². The van der Waals surface area contributed by atoms with Crippen molar-refractivity contribution in [2.75, 3.05) is 58.5 Å². The topological polar surface area (TPSA) is 119 Å². The number of rotatable bonds is 20. The van der Waals surface area contributed by atoms with Crippen molar-refractivity contribution in [1.82, 2.24) is 14.6 Å². The summed E-state index contributed by atoms with van der Waals surface area (Å²) in [5.74, 6) is 0.156. The molecule has 0 spiro atoms. The highest BCUT2D eigenvalue weighted by Gasteiger charge is 2.50. The summed E-state index contributed by atoms with van der Waals surface area (Å²) < 4.78 is 80.9. The van der Waals surface area contributed by atoms with Gasteiger partial charge in [-0.2, -0.15) is 17.5 Å². The van der Waals surface area contributed by atoms with E-state index in [4.69, 9.17) is 42.4 Å². The zero-order valence-electron chi connectivity index (χ0n) is 31.1. The lowest BCUT2D eigenvalue weighted by Gasteiger charge is -2.32. The van der Waals surface area contributed by atoms with Crippen LogP contribution in [0.1, 0.15) is 67.6 Å². The van der Waals surface area contributed by atoms with Crippen LogP contribution in [0.15, 0.2) is 72.8 Å². The van der Waals surface area contributed by atoms with Gasteiger partial charge in [0.2, 0.25) is 11.8 Å². The Morgan fingerprint density at radius 1 is 0.857 bits per heavy atom. The Balaban J connectivity index is 1.30. The molecule has 1 amide bonds. The number of anilines is 1. The van der Waals surface area contributed by atoms with Crippen molar-refractivity contribution in [2.45, 2.75) is 62.4 Å². The van der Waals surface area contributed by atoms with E-state index in [1.54, 1.807) is 13.2 Å². The third-order valence-electron chi connectivity index (χ3n) is 9.51. The molecule has 0 atom stereocenters. The van der Waals surface area contributed by atoms with Gasteiger partial charge in [-0.05, 0) is 91.6 Å². The van der Waals surface area contributed by atoms with Crippen LogP contribution in [0.5, 0.6) is 5.88 Å². The molecule has 1 aromatic heterocycles. The van der Waals surface area contributed by atoms with Crippen LogP contribution in [0.3, 0.4) is 0 Å². The fraction of sp³-hybridized carbons (Fsp3) is 0.450. The molecule has 10 nitrogen and oxygen atoms in total. The zero-order valence-corrected chi connectivity index (χ0v) is 33.5. The fourth-order valence-corrected chi connectivity index (χ4v) is 7.80. The first kappa shape index (κ1) is 43.5. The average molecular weight is 840 g/mol. The SMILES string of the molecule is COCCOCCCNC(=O)CCCCCOc1cc(NC2CCN(S(=O)(=O)C(F)(F)F)CC2)c2cc(C(c3ccc(Cl)cc3)c3ccc(Cl)cc3)ccc2n1. The van der Waals surface area contributed by atoms with E-state index < -0.39 is 15.5 Å². The number of aromatic nitrogens is 1. The van der Waals surface area contributed by atoms with E-state index in [-0.39, 0.29) is 43.8 Å². The van der Waals surface area contributed by atoms with Crippen LogP contribution in [0.4, 0.5) is 18.9 Å². The van der Waals surface area contributed by atoms with Crippen molar-refractivity contribution < 1.29 is 40.6 Å². The number of hydrogen-bond acceptors (Lipinski definition) is 8. The van der Waals surface area contributed by atoms with E-state index >= 15 is 0 Å². The second kappa shape index (κ2) is 20.7. The molecule has 1 aliphatic heterocycles. The van der Waals surface area contributed by atoms with Gasteiger partial charge < -0.3 is 24.8 Å². The summed E-state index contributed by atoms with van der Waals surface area (Å²) >= 11 is 12.5. The number of pyridine rings is 1. The number of ether oxygens (including phenoxy) is 3. The number of benzene rings is 3. The second-order valence-electron chi connectivity index (χ2n) is 13.6. The molecule has 2 heterocycles. The molecule has 304 valence electrons. The number of nitrogens with zero attached hydrogens (tertiary/aromatic N) is 2. The van der Waals surface area contributed by atoms with Crippen molar-refractivity contribution in [2.24, 2.45) is 0 Å². The van der Waals surface area contributed by atoms with Gasteiger partial charge in [0, 0.05) is 78.9 Å². The third kappa shape index (κ3) is 12.2. The molecule has 16 heteroatoms. The predicted octanol–water partition coefficient (Wildman–Crippen LogP) is 8.56. The van der Waals surface area contributed by atoms with E-state index in [0.29, 0.717) is 83.7 Å². The lowest BCUT2D eigenvalue weighted by atomic mass is 9.84. The summed E-state index contributed by atoms with van der Waals surface area (Å²) in [6, 6.07) is 22.6. The van der Waals surface area contributed by atoms with Crippen molar-refractivity contribution in [3.8, 4) is 5.88 Å². The maximum atomic E-state index is 13.3. The van der Waals surface area contributed by atoms with Gasteiger partial charge in [0.05, 0.1) is 25.3 Å². The molecule has 4 aromatic rings. The summed E-state index contributed by atoms with van der Waals surface area (Å²) in [6.45, 7) is 1.99. The van der Waals surface area contributed by atoms with E-state index in [1.807, 2.05) is 66.7 Å². The number of nitrogens with one attached hydrogen (secondary N) is 2. The minimum absolute atomic E-state index is 0.00899. The van der Waals surface area contributed by atoms with Crippen molar-refractivity contribution in [3.05, 3.63) is 99.5 Å². The van der Waals surface area contributed by atoms with Gasteiger partial charge in [-0.3, -0.25) is 4.79 Å². The number of carbonyl (C=O) groups excluding carboxylic acids is 1. The second-order valence-corrected chi connectivity index (χ2v) is 16.4. The molecular formula is C40H47Cl2F3N4O6S. The molecule has 1 fully saturated rings. The van der Waals surface area contributed by atoms with E-state index in [9.17, 15) is 26.4 Å². The molecule has 5 rings (SSSR count). The lowest BCUT2D eigenvalue weighted by Crippen LogP contribution is -2.47. The molecule has 0 aliphatic carbocycles. The van der Waals surface area contributed by atoms with Gasteiger partial charge in [-0.15, -0.1) is 0 Å². The largest absolute Gasteiger partial charge is 0.511 e. The van der Waals surface area contributed by atoms with Gasteiger partial charge in [-0.25, -0.2) is 13.4 Å². The minimum Gasteiger partial charge on any atom is -0.478 e. The summed E-state index contributed by atoms with van der Waals surface area (Å²) in [5.41, 5.74) is -1.11. The minimum atomic E-state index is -5.41. The standard InChI is InChI=1S/C40H47Cl2F3N4O6S/c1-53-24-25-54-22-5-19-46-37(50)6-3-2-4-23-55-38-27-36(47-33-17-20-49(21-18-33)56(51,52)40(43,44)45)34-26-30(11-16-35(34)48-38)39(28-7-12-31(41)13-8-28)29-9-14-32(42)15-10-29/h7-16,26-27,33,39H,2-6,17-25H2,1H3,(H,46,50)(H,47,48).